The van der Waals surface area contributed by atoms with E-state index in [0.717, 1.165) is 44.1 Å². The molecule has 0 saturated carbocycles. The molecule has 1 amide bonds. The molecule has 1 atom stereocenters. The van der Waals surface area contributed by atoms with Crippen molar-refractivity contribution in [2.45, 2.75) is 19.5 Å². The number of carbonyl (C=O) groups excluding carboxylic acids is 1. The molecule has 0 bridgehead atoms. The van der Waals surface area contributed by atoms with Crippen LogP contribution in [-0.2, 0) is 11.3 Å². The fourth-order valence-corrected chi connectivity index (χ4v) is 2.90. The highest BCUT2D eigenvalue weighted by Gasteiger charge is 2.23. The maximum absolute atomic E-state index is 11.9. The van der Waals surface area contributed by atoms with Gasteiger partial charge >= 0.3 is 0 Å². The molecule has 0 spiro atoms. The van der Waals surface area contributed by atoms with Gasteiger partial charge < -0.3 is 15.0 Å². The van der Waals surface area contributed by atoms with E-state index < -0.39 is 6.04 Å². The number of amides is 1. The predicted molar refractivity (Wildman–Crippen MR) is 93.0 cm³/mol. The molecule has 1 saturated heterocycles. The first kappa shape index (κ1) is 18.0. The molecule has 3 rings (SSSR count). The second kappa shape index (κ2) is 7.49. The number of fused-ring (bicyclic) bond motifs is 1. The van der Waals surface area contributed by atoms with Crippen LogP contribution in [-0.4, -0.2) is 57.3 Å². The van der Waals surface area contributed by atoms with Crippen molar-refractivity contribution < 1.29 is 4.79 Å². The fourth-order valence-electron chi connectivity index (χ4n) is 2.74. The second-order valence-electron chi connectivity index (χ2n) is 5.74. The fraction of sp³-hybridized carbons (Fsp3) is 0.467. The first-order valence-electron chi connectivity index (χ1n) is 7.43. The van der Waals surface area contributed by atoms with Crippen molar-refractivity contribution in [1.82, 2.24) is 19.2 Å². The number of halogens is 2. The van der Waals surface area contributed by atoms with Gasteiger partial charge in [-0.05, 0) is 19.1 Å². The van der Waals surface area contributed by atoms with Crippen molar-refractivity contribution in [1.29, 1.82) is 0 Å². The average Bonchev–Trinajstić information content (AvgIpc) is 2.88. The van der Waals surface area contributed by atoms with Crippen molar-refractivity contribution in [2.24, 2.45) is 5.73 Å². The van der Waals surface area contributed by atoms with Gasteiger partial charge in [0.25, 0.3) is 0 Å². The molecule has 8 heteroatoms. The molecule has 23 heavy (non-hydrogen) atoms. The standard InChI is InChI=1S/C15H20ClN5O.ClH/c1-11(17)15(22)20-6-4-19(5-7-20)9-13-10-21-8-12(16)2-3-14(21)18-13;/h2-3,8,10-11H,4-7,9,17H2,1H3;1H. The largest absolute Gasteiger partial charge is 0.339 e. The summed E-state index contributed by atoms with van der Waals surface area (Å²) < 4.78 is 1.94. The van der Waals surface area contributed by atoms with E-state index in [1.807, 2.05) is 33.8 Å². The summed E-state index contributed by atoms with van der Waals surface area (Å²) in [4.78, 5) is 20.6. The minimum Gasteiger partial charge on any atom is -0.339 e. The number of aromatic nitrogens is 2. The van der Waals surface area contributed by atoms with E-state index in [9.17, 15) is 4.79 Å². The van der Waals surface area contributed by atoms with Crippen LogP contribution in [0.5, 0.6) is 0 Å². The SMILES string of the molecule is CC(N)C(=O)N1CCN(Cc2cn3cc(Cl)ccc3n2)CC1.Cl. The zero-order valence-corrected chi connectivity index (χ0v) is 14.6. The van der Waals surface area contributed by atoms with Crippen LogP contribution in [0.1, 0.15) is 12.6 Å². The molecular weight excluding hydrogens is 337 g/mol. The van der Waals surface area contributed by atoms with E-state index in [4.69, 9.17) is 17.3 Å². The molecule has 2 aromatic heterocycles. The van der Waals surface area contributed by atoms with Crippen LogP contribution in [0.2, 0.25) is 5.02 Å². The number of pyridine rings is 1. The van der Waals surface area contributed by atoms with Crippen molar-refractivity contribution in [3.05, 3.63) is 35.2 Å². The first-order valence-corrected chi connectivity index (χ1v) is 7.80. The van der Waals surface area contributed by atoms with Gasteiger partial charge in [-0.3, -0.25) is 9.69 Å². The van der Waals surface area contributed by atoms with E-state index in [-0.39, 0.29) is 18.3 Å². The molecule has 2 N–H and O–H groups in total. The van der Waals surface area contributed by atoms with Crippen molar-refractivity contribution in [3.63, 3.8) is 0 Å². The Labute approximate surface area is 146 Å². The quantitative estimate of drug-likeness (QED) is 0.901. The van der Waals surface area contributed by atoms with E-state index in [1.165, 1.54) is 0 Å². The lowest BCUT2D eigenvalue weighted by Gasteiger charge is -2.35. The normalized spacial score (nSPS) is 17.1. The zero-order chi connectivity index (χ0) is 15.7. The van der Waals surface area contributed by atoms with Gasteiger partial charge in [0.15, 0.2) is 0 Å². The summed E-state index contributed by atoms with van der Waals surface area (Å²) in [6.45, 7) is 5.63. The van der Waals surface area contributed by atoms with Crippen LogP contribution in [0.25, 0.3) is 5.65 Å². The van der Waals surface area contributed by atoms with E-state index in [1.54, 1.807) is 6.92 Å². The molecule has 1 unspecified atom stereocenters. The minimum absolute atomic E-state index is 0. The molecule has 6 nitrogen and oxygen atoms in total. The topological polar surface area (TPSA) is 66.9 Å². The third-order valence-electron chi connectivity index (χ3n) is 3.92. The monoisotopic (exact) mass is 357 g/mol. The molecule has 126 valence electrons. The summed E-state index contributed by atoms with van der Waals surface area (Å²) in [5.41, 5.74) is 7.55. The number of carbonyl (C=O) groups is 1. The number of hydrogen-bond donors (Lipinski definition) is 1. The summed E-state index contributed by atoms with van der Waals surface area (Å²) in [6, 6.07) is 3.33. The Hall–Kier alpha value is -1.34. The van der Waals surface area contributed by atoms with Gasteiger partial charge in [0.1, 0.15) is 5.65 Å². The predicted octanol–water partition coefficient (Wildman–Crippen LogP) is 1.40. The Morgan fingerprint density at radius 1 is 1.30 bits per heavy atom. The van der Waals surface area contributed by atoms with E-state index in [2.05, 4.69) is 9.88 Å². The maximum Gasteiger partial charge on any atom is 0.239 e. The van der Waals surface area contributed by atoms with E-state index >= 15 is 0 Å². The Morgan fingerprint density at radius 2 is 2.00 bits per heavy atom. The lowest BCUT2D eigenvalue weighted by molar-refractivity contribution is -0.134. The van der Waals surface area contributed by atoms with Crippen LogP contribution in [0.3, 0.4) is 0 Å². The van der Waals surface area contributed by atoms with Gasteiger partial charge in [-0.15, -0.1) is 12.4 Å². The minimum atomic E-state index is -0.422. The van der Waals surface area contributed by atoms with Gasteiger partial charge in [0.05, 0.1) is 16.8 Å². The van der Waals surface area contributed by atoms with Crippen LogP contribution in [0.4, 0.5) is 0 Å². The number of piperazine rings is 1. The molecule has 3 heterocycles. The molecule has 1 aliphatic rings. The third-order valence-corrected chi connectivity index (χ3v) is 4.15. The van der Waals surface area contributed by atoms with Crippen LogP contribution in [0, 0.1) is 0 Å². The van der Waals surface area contributed by atoms with E-state index in [0.29, 0.717) is 5.02 Å². The van der Waals surface area contributed by atoms with Crippen LogP contribution in [0.15, 0.2) is 24.5 Å². The molecular formula is C15H21Cl2N5O. The zero-order valence-electron chi connectivity index (χ0n) is 13.0. The number of rotatable bonds is 3. The highest BCUT2D eigenvalue weighted by molar-refractivity contribution is 6.30. The molecule has 1 fully saturated rings. The summed E-state index contributed by atoms with van der Waals surface area (Å²) in [6.07, 6.45) is 3.85. The van der Waals surface area contributed by atoms with Crippen LogP contribution < -0.4 is 5.73 Å². The van der Waals surface area contributed by atoms with Gasteiger partial charge in [0, 0.05) is 45.1 Å². The number of imidazole rings is 1. The molecule has 1 aliphatic heterocycles. The van der Waals surface area contributed by atoms with Crippen LogP contribution >= 0.6 is 24.0 Å². The summed E-state index contributed by atoms with van der Waals surface area (Å²) in [5.74, 6) is 0.0297. The summed E-state index contributed by atoms with van der Waals surface area (Å²) in [7, 11) is 0. The number of nitrogens with zero attached hydrogens (tertiary/aromatic N) is 4. The summed E-state index contributed by atoms with van der Waals surface area (Å²) >= 11 is 5.98. The number of nitrogens with two attached hydrogens (primary N) is 1. The van der Waals surface area contributed by atoms with Gasteiger partial charge in [-0.2, -0.15) is 0 Å². The van der Waals surface area contributed by atoms with Gasteiger partial charge in [-0.1, -0.05) is 11.6 Å². The molecule has 0 radical (unpaired) electrons. The Balaban J connectivity index is 0.00000192. The third kappa shape index (κ3) is 4.14. The lowest BCUT2D eigenvalue weighted by atomic mass is 10.2. The van der Waals surface area contributed by atoms with Crippen molar-refractivity contribution >= 4 is 35.6 Å². The van der Waals surface area contributed by atoms with Crippen molar-refractivity contribution in [3.8, 4) is 0 Å². The second-order valence-corrected chi connectivity index (χ2v) is 6.17. The summed E-state index contributed by atoms with van der Waals surface area (Å²) in [5, 5.41) is 0.694. The average molecular weight is 358 g/mol. The van der Waals surface area contributed by atoms with Gasteiger partial charge in [0.2, 0.25) is 5.91 Å². The van der Waals surface area contributed by atoms with Gasteiger partial charge in [-0.25, -0.2) is 4.98 Å². The lowest BCUT2D eigenvalue weighted by Crippen LogP contribution is -2.52. The highest BCUT2D eigenvalue weighted by atomic mass is 35.5. The molecule has 0 aliphatic carbocycles. The van der Waals surface area contributed by atoms with Crippen molar-refractivity contribution in [2.75, 3.05) is 26.2 Å². The Kier molecular flexibility index (Phi) is 5.86. The first-order chi connectivity index (χ1) is 10.5. The maximum atomic E-state index is 11.9. The molecule has 0 aromatic carbocycles. The highest BCUT2D eigenvalue weighted by Crippen LogP contribution is 2.14. The smallest absolute Gasteiger partial charge is 0.239 e. The Morgan fingerprint density at radius 3 is 2.65 bits per heavy atom. The number of hydrogen-bond acceptors (Lipinski definition) is 4. The molecule has 2 aromatic rings. The Bertz CT molecular complexity index is 680.